The van der Waals surface area contributed by atoms with Crippen molar-refractivity contribution in [3.05, 3.63) is 29.3 Å². The van der Waals surface area contributed by atoms with Gasteiger partial charge in [-0.05, 0) is 30.7 Å². The Labute approximate surface area is 152 Å². The summed E-state index contributed by atoms with van der Waals surface area (Å²) < 4.78 is 4.71. The van der Waals surface area contributed by atoms with Crippen molar-refractivity contribution in [3.63, 3.8) is 0 Å². The van der Waals surface area contributed by atoms with Gasteiger partial charge in [0.15, 0.2) is 0 Å². The SMILES string of the molecule is COC(=O)C(C)CN(CCCNC(C)=O)C(=O)Nc1ccc(Cl)cc1. The van der Waals surface area contributed by atoms with E-state index in [0.717, 1.165) is 0 Å². The van der Waals surface area contributed by atoms with E-state index in [1.54, 1.807) is 31.2 Å². The van der Waals surface area contributed by atoms with E-state index in [9.17, 15) is 14.4 Å². The van der Waals surface area contributed by atoms with E-state index in [4.69, 9.17) is 16.3 Å². The summed E-state index contributed by atoms with van der Waals surface area (Å²) in [4.78, 5) is 36.6. The fourth-order valence-corrected chi connectivity index (χ4v) is 2.28. The number of methoxy groups -OCH3 is 1. The van der Waals surface area contributed by atoms with E-state index in [2.05, 4.69) is 10.6 Å². The van der Waals surface area contributed by atoms with Gasteiger partial charge in [0, 0.05) is 37.3 Å². The molecule has 25 heavy (non-hydrogen) atoms. The summed E-state index contributed by atoms with van der Waals surface area (Å²) >= 11 is 5.83. The highest BCUT2D eigenvalue weighted by Crippen LogP contribution is 2.14. The Hall–Kier alpha value is -2.28. The van der Waals surface area contributed by atoms with Crippen molar-refractivity contribution >= 4 is 35.2 Å². The van der Waals surface area contributed by atoms with Crippen molar-refractivity contribution in [3.8, 4) is 0 Å². The van der Waals surface area contributed by atoms with Gasteiger partial charge in [-0.3, -0.25) is 9.59 Å². The quantitative estimate of drug-likeness (QED) is 0.544. The summed E-state index contributed by atoms with van der Waals surface area (Å²) in [6.07, 6.45) is 0.571. The largest absolute Gasteiger partial charge is 0.469 e. The summed E-state index contributed by atoms with van der Waals surface area (Å²) in [5.74, 6) is -0.965. The number of nitrogens with zero attached hydrogens (tertiary/aromatic N) is 1. The second-order valence-corrected chi connectivity index (χ2v) is 6.08. The van der Waals surface area contributed by atoms with Crippen molar-refractivity contribution in [1.29, 1.82) is 0 Å². The van der Waals surface area contributed by atoms with Crippen LogP contribution in [0.2, 0.25) is 5.02 Å². The summed E-state index contributed by atoms with van der Waals surface area (Å²) in [7, 11) is 1.31. The van der Waals surface area contributed by atoms with Crippen molar-refractivity contribution < 1.29 is 19.1 Å². The molecule has 2 N–H and O–H groups in total. The fraction of sp³-hybridized carbons (Fsp3) is 0.471. The standard InChI is InChI=1S/C17H24ClN3O4/c1-12(16(23)25-3)11-21(10-4-9-19-13(2)22)17(24)20-15-7-5-14(18)6-8-15/h5-8,12H,4,9-11H2,1-3H3,(H,19,22)(H,20,24). The maximum atomic E-state index is 12.5. The van der Waals surface area contributed by atoms with E-state index >= 15 is 0 Å². The van der Waals surface area contributed by atoms with Crippen LogP contribution < -0.4 is 10.6 Å². The molecule has 0 aliphatic carbocycles. The molecule has 1 atom stereocenters. The molecule has 0 fully saturated rings. The zero-order chi connectivity index (χ0) is 18.8. The zero-order valence-electron chi connectivity index (χ0n) is 14.7. The third-order valence-electron chi connectivity index (χ3n) is 3.46. The molecule has 1 aromatic rings. The summed E-state index contributed by atoms with van der Waals surface area (Å²) in [6.45, 7) is 4.19. The predicted octanol–water partition coefficient (Wildman–Crippen LogP) is 2.51. The molecule has 0 bridgehead atoms. The van der Waals surface area contributed by atoms with Gasteiger partial charge in [0.05, 0.1) is 13.0 Å². The molecule has 0 aliphatic rings. The number of esters is 1. The number of anilines is 1. The molecule has 0 radical (unpaired) electrons. The molecule has 0 saturated carbocycles. The Morgan fingerprint density at radius 2 is 1.88 bits per heavy atom. The average Bonchev–Trinajstić information content (AvgIpc) is 2.58. The van der Waals surface area contributed by atoms with Crippen LogP contribution in [0.3, 0.4) is 0 Å². The molecule has 138 valence electrons. The number of carbonyl (C=O) groups is 3. The van der Waals surface area contributed by atoms with E-state index in [1.165, 1.54) is 18.9 Å². The Bertz CT molecular complexity index is 592. The number of ether oxygens (including phenoxy) is 1. The number of benzene rings is 1. The van der Waals surface area contributed by atoms with Crippen molar-refractivity contribution in [2.75, 3.05) is 32.1 Å². The van der Waals surface area contributed by atoms with Gasteiger partial charge < -0.3 is 20.3 Å². The van der Waals surface area contributed by atoms with Gasteiger partial charge in [0.2, 0.25) is 5.91 Å². The zero-order valence-corrected chi connectivity index (χ0v) is 15.4. The smallest absolute Gasteiger partial charge is 0.321 e. The number of halogens is 1. The Morgan fingerprint density at radius 3 is 2.44 bits per heavy atom. The predicted molar refractivity (Wildman–Crippen MR) is 96.5 cm³/mol. The highest BCUT2D eigenvalue weighted by Gasteiger charge is 2.21. The van der Waals surface area contributed by atoms with Crippen LogP contribution in [-0.4, -0.2) is 49.6 Å². The molecule has 0 saturated heterocycles. The normalized spacial score (nSPS) is 11.4. The number of nitrogens with one attached hydrogen (secondary N) is 2. The number of rotatable bonds is 8. The van der Waals surface area contributed by atoms with Crippen LogP contribution in [0.4, 0.5) is 10.5 Å². The fourth-order valence-electron chi connectivity index (χ4n) is 2.15. The number of amides is 3. The van der Waals surface area contributed by atoms with E-state index in [0.29, 0.717) is 30.2 Å². The Balaban J connectivity index is 2.69. The topological polar surface area (TPSA) is 87.7 Å². The van der Waals surface area contributed by atoms with Gasteiger partial charge in [0.25, 0.3) is 0 Å². The minimum atomic E-state index is -0.457. The first-order valence-corrected chi connectivity index (χ1v) is 8.35. The lowest BCUT2D eigenvalue weighted by Crippen LogP contribution is -2.41. The maximum Gasteiger partial charge on any atom is 0.321 e. The van der Waals surface area contributed by atoms with Crippen LogP contribution in [0.1, 0.15) is 20.3 Å². The molecule has 8 heteroatoms. The lowest BCUT2D eigenvalue weighted by molar-refractivity contribution is -0.145. The number of hydrogen-bond donors (Lipinski definition) is 2. The van der Waals surface area contributed by atoms with Gasteiger partial charge >= 0.3 is 12.0 Å². The highest BCUT2D eigenvalue weighted by atomic mass is 35.5. The Kier molecular flexibility index (Phi) is 8.77. The van der Waals surface area contributed by atoms with Crippen LogP contribution >= 0.6 is 11.6 Å². The third kappa shape index (κ3) is 7.89. The molecule has 7 nitrogen and oxygen atoms in total. The second kappa shape index (κ2) is 10.6. The van der Waals surface area contributed by atoms with E-state index in [-0.39, 0.29) is 24.5 Å². The maximum absolute atomic E-state index is 12.5. The van der Waals surface area contributed by atoms with Gasteiger partial charge in [-0.1, -0.05) is 18.5 Å². The summed E-state index contributed by atoms with van der Waals surface area (Å²) in [5, 5.41) is 6.02. The van der Waals surface area contributed by atoms with Crippen LogP contribution in [0, 0.1) is 5.92 Å². The monoisotopic (exact) mass is 369 g/mol. The van der Waals surface area contributed by atoms with Crippen LogP contribution in [0.5, 0.6) is 0 Å². The van der Waals surface area contributed by atoms with Crippen molar-refractivity contribution in [1.82, 2.24) is 10.2 Å². The van der Waals surface area contributed by atoms with Crippen molar-refractivity contribution in [2.45, 2.75) is 20.3 Å². The van der Waals surface area contributed by atoms with Crippen LogP contribution in [-0.2, 0) is 14.3 Å². The highest BCUT2D eigenvalue weighted by molar-refractivity contribution is 6.30. The number of hydrogen-bond acceptors (Lipinski definition) is 4. The number of urea groups is 1. The molecule has 1 unspecified atom stereocenters. The van der Waals surface area contributed by atoms with Gasteiger partial charge in [0.1, 0.15) is 0 Å². The molecule has 3 amide bonds. The lowest BCUT2D eigenvalue weighted by atomic mass is 10.1. The molecule has 0 aromatic heterocycles. The first kappa shape index (κ1) is 20.8. The molecule has 0 spiro atoms. The third-order valence-corrected chi connectivity index (χ3v) is 3.71. The van der Waals surface area contributed by atoms with E-state index < -0.39 is 5.92 Å². The minimum absolute atomic E-state index is 0.125. The molecule has 0 aliphatic heterocycles. The van der Waals surface area contributed by atoms with Gasteiger partial charge in [-0.2, -0.15) is 0 Å². The summed E-state index contributed by atoms with van der Waals surface area (Å²) in [5.41, 5.74) is 0.604. The van der Waals surface area contributed by atoms with Crippen LogP contribution in [0.15, 0.2) is 24.3 Å². The first-order valence-electron chi connectivity index (χ1n) is 7.97. The average molecular weight is 370 g/mol. The van der Waals surface area contributed by atoms with Gasteiger partial charge in [-0.15, -0.1) is 0 Å². The van der Waals surface area contributed by atoms with Gasteiger partial charge in [-0.25, -0.2) is 4.79 Å². The van der Waals surface area contributed by atoms with Crippen molar-refractivity contribution in [2.24, 2.45) is 5.92 Å². The molecule has 1 rings (SSSR count). The molecular weight excluding hydrogens is 346 g/mol. The molecular formula is C17H24ClN3O4. The minimum Gasteiger partial charge on any atom is -0.469 e. The Morgan fingerprint density at radius 1 is 1.24 bits per heavy atom. The molecule has 0 heterocycles. The second-order valence-electron chi connectivity index (χ2n) is 5.64. The van der Waals surface area contributed by atoms with Crippen LogP contribution in [0.25, 0.3) is 0 Å². The summed E-state index contributed by atoms with van der Waals surface area (Å²) in [6, 6.07) is 6.41. The lowest BCUT2D eigenvalue weighted by Gasteiger charge is -2.25. The number of carbonyl (C=O) groups excluding carboxylic acids is 3. The first-order chi connectivity index (χ1) is 11.8. The molecule has 1 aromatic carbocycles. The van der Waals surface area contributed by atoms with E-state index in [1.807, 2.05) is 0 Å².